The smallest absolute Gasteiger partial charge is 0.412 e. The predicted molar refractivity (Wildman–Crippen MR) is 129 cm³/mol. The van der Waals surface area contributed by atoms with E-state index in [-0.39, 0.29) is 18.1 Å². The maximum absolute atomic E-state index is 12.7. The predicted octanol–water partition coefficient (Wildman–Crippen LogP) is 5.58. The minimum Gasteiger partial charge on any atom is -0.478 e. The van der Waals surface area contributed by atoms with E-state index < -0.39 is 12.1 Å². The summed E-state index contributed by atoms with van der Waals surface area (Å²) in [6.07, 6.45) is 1.11. The molecule has 0 atom stereocenters. The summed E-state index contributed by atoms with van der Waals surface area (Å²) in [5.41, 5.74) is 5.66. The van der Waals surface area contributed by atoms with Gasteiger partial charge in [0.1, 0.15) is 11.6 Å². The normalized spacial score (nSPS) is 14.9. The van der Waals surface area contributed by atoms with Crippen molar-refractivity contribution in [3.8, 4) is 11.1 Å². The first-order valence-electron chi connectivity index (χ1n) is 11.3. The van der Waals surface area contributed by atoms with Crippen LogP contribution in [0.15, 0.2) is 48.5 Å². The molecule has 0 radical (unpaired) electrons. The monoisotopic (exact) mass is 462 g/mol. The van der Waals surface area contributed by atoms with Crippen LogP contribution in [-0.4, -0.2) is 41.8 Å². The van der Waals surface area contributed by atoms with Crippen LogP contribution in [0.3, 0.4) is 0 Å². The first kappa shape index (κ1) is 21.7. The second kappa shape index (κ2) is 9.00. The minimum atomic E-state index is -1.01. The molecular weight excluding hydrogens is 436 g/mol. The summed E-state index contributed by atoms with van der Waals surface area (Å²) in [6.45, 7) is 4.87. The molecule has 0 saturated carbocycles. The zero-order valence-corrected chi connectivity index (χ0v) is 19.3. The van der Waals surface area contributed by atoms with Crippen molar-refractivity contribution < 1.29 is 19.4 Å². The number of rotatable bonds is 6. The van der Waals surface area contributed by atoms with Gasteiger partial charge in [0.05, 0.1) is 5.56 Å². The molecule has 5 rings (SSSR count). The number of amides is 1. The molecule has 7 heteroatoms. The molecule has 3 aromatic rings. The van der Waals surface area contributed by atoms with Crippen molar-refractivity contribution in [2.75, 3.05) is 25.0 Å². The number of nitrogens with one attached hydrogen (secondary N) is 1. The Morgan fingerprint density at radius 2 is 1.79 bits per heavy atom. The molecule has 0 saturated heterocycles. The number of benzene rings is 2. The molecule has 0 bridgehead atoms. The van der Waals surface area contributed by atoms with Gasteiger partial charge in [0.2, 0.25) is 0 Å². The van der Waals surface area contributed by atoms with Gasteiger partial charge in [0, 0.05) is 23.9 Å². The van der Waals surface area contributed by atoms with Crippen LogP contribution in [0.4, 0.5) is 9.80 Å². The van der Waals surface area contributed by atoms with E-state index in [1.807, 2.05) is 24.3 Å². The van der Waals surface area contributed by atoms with Crippen molar-refractivity contribution in [2.45, 2.75) is 32.2 Å². The highest BCUT2D eigenvalue weighted by Crippen LogP contribution is 2.44. The van der Waals surface area contributed by atoms with Crippen molar-refractivity contribution in [1.82, 2.24) is 4.90 Å². The molecular formula is C26H26N2O4S. The number of carboxylic acid groups (broad SMARTS) is 1. The van der Waals surface area contributed by atoms with Crippen LogP contribution < -0.4 is 5.32 Å². The van der Waals surface area contributed by atoms with E-state index >= 15 is 0 Å². The van der Waals surface area contributed by atoms with E-state index in [2.05, 4.69) is 41.4 Å². The zero-order chi connectivity index (χ0) is 22.9. The van der Waals surface area contributed by atoms with Crippen LogP contribution >= 0.6 is 11.3 Å². The van der Waals surface area contributed by atoms with Gasteiger partial charge in [-0.2, -0.15) is 0 Å². The topological polar surface area (TPSA) is 78.9 Å². The van der Waals surface area contributed by atoms with Crippen LogP contribution in [0, 0.1) is 0 Å². The van der Waals surface area contributed by atoms with Crippen molar-refractivity contribution in [3.63, 3.8) is 0 Å². The molecule has 1 aliphatic heterocycles. The van der Waals surface area contributed by atoms with E-state index in [1.54, 1.807) is 0 Å². The Hall–Kier alpha value is -3.16. The van der Waals surface area contributed by atoms with Gasteiger partial charge in [-0.25, -0.2) is 9.59 Å². The largest absolute Gasteiger partial charge is 0.478 e. The molecule has 0 unspecified atom stereocenters. The first-order chi connectivity index (χ1) is 16.1. The number of hydrogen-bond donors (Lipinski definition) is 2. The zero-order valence-electron chi connectivity index (χ0n) is 18.5. The number of aromatic carboxylic acids is 1. The molecule has 170 valence electrons. The number of carbonyl (C=O) groups excluding carboxylic acids is 1. The van der Waals surface area contributed by atoms with E-state index in [1.165, 1.54) is 11.3 Å². The molecule has 2 heterocycles. The van der Waals surface area contributed by atoms with Crippen LogP contribution in [0.2, 0.25) is 0 Å². The third-order valence-electron chi connectivity index (χ3n) is 6.45. The van der Waals surface area contributed by atoms with E-state index in [9.17, 15) is 14.7 Å². The Kier molecular flexibility index (Phi) is 5.91. The molecule has 2 aliphatic rings. The van der Waals surface area contributed by atoms with Gasteiger partial charge < -0.3 is 9.84 Å². The highest BCUT2D eigenvalue weighted by molar-refractivity contribution is 7.17. The number of ether oxygens (including phenoxy) is 1. The summed E-state index contributed by atoms with van der Waals surface area (Å²) in [4.78, 5) is 28.0. The SMILES string of the molecule is CCCN1CCc2c(sc(NC(=O)OCC3c4ccccc4-c4ccccc43)c2C(=O)O)C1. The molecule has 0 spiro atoms. The lowest BCUT2D eigenvalue weighted by molar-refractivity contribution is 0.0696. The first-order valence-corrected chi connectivity index (χ1v) is 12.1. The lowest BCUT2D eigenvalue weighted by atomic mass is 9.98. The summed E-state index contributed by atoms with van der Waals surface area (Å²) in [5, 5.41) is 12.9. The summed E-state index contributed by atoms with van der Waals surface area (Å²) in [7, 11) is 0. The van der Waals surface area contributed by atoms with Gasteiger partial charge in [-0.15, -0.1) is 11.3 Å². The summed E-state index contributed by atoms with van der Waals surface area (Å²) >= 11 is 1.35. The van der Waals surface area contributed by atoms with Gasteiger partial charge >= 0.3 is 12.1 Å². The highest BCUT2D eigenvalue weighted by Gasteiger charge is 2.31. The Balaban J connectivity index is 1.32. The number of carbonyl (C=O) groups is 2. The van der Waals surface area contributed by atoms with Crippen LogP contribution in [-0.2, 0) is 17.7 Å². The Bertz CT molecular complexity index is 1170. The fourth-order valence-corrected chi connectivity index (χ4v) is 6.27. The fraction of sp³-hybridized carbons (Fsp3) is 0.308. The van der Waals surface area contributed by atoms with E-state index in [4.69, 9.17) is 4.74 Å². The van der Waals surface area contributed by atoms with Crippen molar-refractivity contribution in [2.24, 2.45) is 0 Å². The highest BCUT2D eigenvalue weighted by atomic mass is 32.1. The molecule has 2 N–H and O–H groups in total. The molecule has 1 aliphatic carbocycles. The Labute approximate surface area is 196 Å². The molecule has 6 nitrogen and oxygen atoms in total. The second-order valence-corrected chi connectivity index (χ2v) is 9.59. The molecule has 2 aromatic carbocycles. The summed E-state index contributed by atoms with van der Waals surface area (Å²) in [5.74, 6) is -1.05. The lowest BCUT2D eigenvalue weighted by Gasteiger charge is -2.26. The number of fused-ring (bicyclic) bond motifs is 4. The number of anilines is 1. The Morgan fingerprint density at radius 1 is 1.12 bits per heavy atom. The van der Waals surface area contributed by atoms with Gasteiger partial charge in [0.15, 0.2) is 0 Å². The maximum Gasteiger partial charge on any atom is 0.412 e. The average Bonchev–Trinajstić information content (AvgIpc) is 3.33. The molecule has 1 aromatic heterocycles. The quantitative estimate of drug-likeness (QED) is 0.500. The maximum atomic E-state index is 12.7. The van der Waals surface area contributed by atoms with Gasteiger partial charge in [-0.3, -0.25) is 10.2 Å². The average molecular weight is 463 g/mol. The van der Waals surface area contributed by atoms with Crippen LogP contribution in [0.25, 0.3) is 11.1 Å². The van der Waals surface area contributed by atoms with Crippen molar-refractivity contribution in [1.29, 1.82) is 0 Å². The summed E-state index contributed by atoms with van der Waals surface area (Å²) in [6, 6.07) is 16.3. The number of hydrogen-bond acceptors (Lipinski definition) is 5. The third-order valence-corrected chi connectivity index (χ3v) is 7.58. The molecule has 33 heavy (non-hydrogen) atoms. The van der Waals surface area contributed by atoms with Crippen LogP contribution in [0.1, 0.15) is 51.2 Å². The Morgan fingerprint density at radius 3 is 2.42 bits per heavy atom. The number of thiophene rings is 1. The van der Waals surface area contributed by atoms with E-state index in [0.717, 1.165) is 58.7 Å². The van der Waals surface area contributed by atoms with E-state index in [0.29, 0.717) is 11.4 Å². The number of nitrogens with zero attached hydrogens (tertiary/aromatic N) is 1. The van der Waals surface area contributed by atoms with Gasteiger partial charge in [-0.1, -0.05) is 55.5 Å². The van der Waals surface area contributed by atoms with Crippen molar-refractivity contribution in [3.05, 3.63) is 75.7 Å². The van der Waals surface area contributed by atoms with Gasteiger partial charge in [-0.05, 0) is 47.2 Å². The summed E-state index contributed by atoms with van der Waals surface area (Å²) < 4.78 is 5.62. The van der Waals surface area contributed by atoms with Crippen LogP contribution in [0.5, 0.6) is 0 Å². The number of carboxylic acids is 1. The third kappa shape index (κ3) is 4.03. The van der Waals surface area contributed by atoms with Crippen molar-refractivity contribution >= 4 is 28.4 Å². The van der Waals surface area contributed by atoms with Gasteiger partial charge in [0.25, 0.3) is 0 Å². The fourth-order valence-electron chi connectivity index (χ4n) is 5.00. The minimum absolute atomic E-state index is 0.0405. The lowest BCUT2D eigenvalue weighted by Crippen LogP contribution is -2.30. The standard InChI is InChI=1S/C26H26N2O4S/c1-2-12-28-13-11-20-22(14-28)33-24(23(20)25(29)30)27-26(31)32-15-21-18-9-5-3-7-16(18)17-8-4-6-10-19(17)21/h3-10,21H,2,11-15H2,1H3,(H,27,31)(H,29,30). The second-order valence-electron chi connectivity index (χ2n) is 8.49. The molecule has 1 amide bonds. The molecule has 0 fully saturated rings.